The van der Waals surface area contributed by atoms with Crippen molar-refractivity contribution in [2.75, 3.05) is 25.1 Å². The number of anilines is 1. The van der Waals surface area contributed by atoms with Gasteiger partial charge in [-0.2, -0.15) is 0 Å². The molecular formula is C17H24N2O3. The number of carbonyl (C=O) groups is 1. The van der Waals surface area contributed by atoms with E-state index in [-0.39, 0.29) is 17.7 Å². The van der Waals surface area contributed by atoms with Gasteiger partial charge in [0.1, 0.15) is 0 Å². The van der Waals surface area contributed by atoms with E-state index in [1.807, 2.05) is 32.0 Å². The van der Waals surface area contributed by atoms with Crippen molar-refractivity contribution < 1.29 is 14.3 Å². The van der Waals surface area contributed by atoms with Crippen LogP contribution in [0.4, 0.5) is 10.5 Å². The lowest BCUT2D eigenvalue weighted by atomic mass is 9.90. The molecule has 1 aromatic carbocycles. The molecule has 2 N–H and O–H groups in total. The Morgan fingerprint density at radius 3 is 2.95 bits per heavy atom. The van der Waals surface area contributed by atoms with Crippen molar-refractivity contribution in [2.24, 2.45) is 0 Å². The van der Waals surface area contributed by atoms with E-state index in [1.165, 1.54) is 0 Å². The number of nitrogens with one attached hydrogen (secondary N) is 2. The van der Waals surface area contributed by atoms with Crippen molar-refractivity contribution >= 4 is 11.7 Å². The number of ether oxygens (including phenoxy) is 2. The van der Waals surface area contributed by atoms with Crippen molar-refractivity contribution in [2.45, 2.75) is 44.8 Å². The summed E-state index contributed by atoms with van der Waals surface area (Å²) in [4.78, 5) is 12.3. The van der Waals surface area contributed by atoms with Crippen LogP contribution < -0.4 is 10.6 Å². The predicted molar refractivity (Wildman–Crippen MR) is 85.2 cm³/mol. The molecule has 2 fully saturated rings. The van der Waals surface area contributed by atoms with Crippen LogP contribution in [0.1, 0.15) is 30.4 Å². The monoisotopic (exact) mass is 304 g/mol. The minimum Gasteiger partial charge on any atom is -0.378 e. The molecule has 1 spiro atoms. The molecule has 0 aliphatic carbocycles. The Morgan fingerprint density at radius 2 is 2.18 bits per heavy atom. The zero-order valence-electron chi connectivity index (χ0n) is 13.3. The number of amides is 2. The summed E-state index contributed by atoms with van der Waals surface area (Å²) in [5.41, 5.74) is 2.88. The minimum atomic E-state index is -0.185. The maximum absolute atomic E-state index is 12.3. The topological polar surface area (TPSA) is 59.6 Å². The molecule has 2 unspecified atom stereocenters. The molecule has 5 nitrogen and oxygen atoms in total. The van der Waals surface area contributed by atoms with Gasteiger partial charge in [-0.05, 0) is 43.9 Å². The predicted octanol–water partition coefficient (Wildman–Crippen LogP) is 2.76. The lowest BCUT2D eigenvalue weighted by Gasteiger charge is -2.37. The van der Waals surface area contributed by atoms with Crippen molar-refractivity contribution in [1.82, 2.24) is 5.32 Å². The molecule has 3 rings (SSSR count). The van der Waals surface area contributed by atoms with Gasteiger partial charge in [0.15, 0.2) is 0 Å². The minimum absolute atomic E-state index is 0.139. The van der Waals surface area contributed by atoms with Crippen molar-refractivity contribution in [1.29, 1.82) is 0 Å². The van der Waals surface area contributed by atoms with E-state index in [2.05, 4.69) is 10.6 Å². The largest absolute Gasteiger partial charge is 0.378 e. The number of urea groups is 1. The molecule has 0 aromatic heterocycles. The van der Waals surface area contributed by atoms with Crippen molar-refractivity contribution in [3.63, 3.8) is 0 Å². The Balaban J connectivity index is 1.58. The zero-order chi connectivity index (χ0) is 15.6. The number of rotatable bonds is 2. The Labute approximate surface area is 131 Å². The first-order valence-corrected chi connectivity index (χ1v) is 7.93. The lowest BCUT2D eigenvalue weighted by Crippen LogP contribution is -2.49. The molecule has 2 saturated heterocycles. The number of benzene rings is 1. The highest BCUT2D eigenvalue weighted by molar-refractivity contribution is 5.90. The van der Waals surface area contributed by atoms with Crippen LogP contribution in [0.5, 0.6) is 0 Å². The van der Waals surface area contributed by atoms with Crippen LogP contribution in [-0.2, 0) is 9.47 Å². The van der Waals surface area contributed by atoms with Gasteiger partial charge in [0.05, 0.1) is 12.2 Å². The van der Waals surface area contributed by atoms with Gasteiger partial charge >= 0.3 is 6.03 Å². The van der Waals surface area contributed by atoms with Gasteiger partial charge in [0.25, 0.3) is 0 Å². The summed E-state index contributed by atoms with van der Waals surface area (Å²) in [5, 5.41) is 6.03. The molecule has 22 heavy (non-hydrogen) atoms. The van der Waals surface area contributed by atoms with Gasteiger partial charge < -0.3 is 20.1 Å². The Kier molecular flexibility index (Phi) is 4.36. The Morgan fingerprint density at radius 1 is 1.32 bits per heavy atom. The molecule has 5 heteroatoms. The van der Waals surface area contributed by atoms with E-state index in [4.69, 9.17) is 9.47 Å². The number of carbonyl (C=O) groups excluding carboxylic acids is 1. The van der Waals surface area contributed by atoms with Gasteiger partial charge in [-0.1, -0.05) is 12.1 Å². The van der Waals surface area contributed by atoms with Gasteiger partial charge in [-0.25, -0.2) is 4.79 Å². The fourth-order valence-electron chi connectivity index (χ4n) is 3.23. The Hall–Kier alpha value is -1.59. The Bertz CT molecular complexity index is 553. The quantitative estimate of drug-likeness (QED) is 0.883. The van der Waals surface area contributed by atoms with Gasteiger partial charge in [0, 0.05) is 31.4 Å². The summed E-state index contributed by atoms with van der Waals surface area (Å²) < 4.78 is 11.4. The smallest absolute Gasteiger partial charge is 0.319 e. The molecule has 2 aliphatic rings. The van der Waals surface area contributed by atoms with E-state index < -0.39 is 0 Å². The standard InChI is InChI=1S/C17H24N2O3/c1-12-3-4-13(2)15(9-12)19-16(20)18-14-5-7-22-17(10-14)6-8-21-11-17/h3-4,9,14H,5-8,10-11H2,1-2H3,(H2,18,19,20). The second kappa shape index (κ2) is 6.26. The van der Waals surface area contributed by atoms with Gasteiger partial charge in [-0.15, -0.1) is 0 Å². The van der Waals surface area contributed by atoms with Crippen LogP contribution in [0.3, 0.4) is 0 Å². The molecule has 2 amide bonds. The van der Waals surface area contributed by atoms with Crippen LogP contribution in [0.25, 0.3) is 0 Å². The molecule has 2 atom stereocenters. The second-order valence-electron chi connectivity index (χ2n) is 6.44. The van der Waals surface area contributed by atoms with E-state index in [1.54, 1.807) is 0 Å². The van der Waals surface area contributed by atoms with Crippen LogP contribution >= 0.6 is 0 Å². The highest BCUT2D eigenvalue weighted by Crippen LogP contribution is 2.32. The summed E-state index contributed by atoms with van der Waals surface area (Å²) in [6.07, 6.45) is 2.60. The number of hydrogen-bond donors (Lipinski definition) is 2. The normalized spacial score (nSPS) is 27.8. The maximum atomic E-state index is 12.3. The molecular weight excluding hydrogens is 280 g/mol. The van der Waals surface area contributed by atoms with Crippen molar-refractivity contribution in [3.8, 4) is 0 Å². The van der Waals surface area contributed by atoms with Gasteiger partial charge in [-0.3, -0.25) is 0 Å². The first-order valence-electron chi connectivity index (χ1n) is 7.93. The summed E-state index contributed by atoms with van der Waals surface area (Å²) in [7, 11) is 0. The molecule has 0 radical (unpaired) electrons. The first kappa shape index (κ1) is 15.3. The third-order valence-electron chi connectivity index (χ3n) is 4.54. The maximum Gasteiger partial charge on any atom is 0.319 e. The van der Waals surface area contributed by atoms with E-state index in [0.717, 1.165) is 42.7 Å². The fraction of sp³-hybridized carbons (Fsp3) is 0.588. The highest BCUT2D eigenvalue weighted by Gasteiger charge is 2.41. The zero-order valence-corrected chi connectivity index (χ0v) is 13.3. The van der Waals surface area contributed by atoms with Crippen LogP contribution in [0.2, 0.25) is 0 Å². The summed E-state index contributed by atoms with van der Waals surface area (Å²) in [5.74, 6) is 0. The summed E-state index contributed by atoms with van der Waals surface area (Å²) >= 11 is 0. The van der Waals surface area contributed by atoms with E-state index >= 15 is 0 Å². The lowest BCUT2D eigenvalue weighted by molar-refractivity contribution is -0.0877. The highest BCUT2D eigenvalue weighted by atomic mass is 16.6. The molecule has 2 aliphatic heterocycles. The third kappa shape index (κ3) is 3.42. The third-order valence-corrected chi connectivity index (χ3v) is 4.54. The first-order chi connectivity index (χ1) is 10.6. The van der Waals surface area contributed by atoms with Crippen LogP contribution in [-0.4, -0.2) is 37.5 Å². The van der Waals surface area contributed by atoms with Crippen LogP contribution in [0, 0.1) is 13.8 Å². The molecule has 2 heterocycles. The molecule has 1 aromatic rings. The second-order valence-corrected chi connectivity index (χ2v) is 6.44. The SMILES string of the molecule is Cc1ccc(C)c(NC(=O)NC2CCOC3(CCOC3)C2)c1. The molecule has 0 saturated carbocycles. The molecule has 0 bridgehead atoms. The average molecular weight is 304 g/mol. The van der Waals surface area contributed by atoms with E-state index in [9.17, 15) is 4.79 Å². The van der Waals surface area contributed by atoms with Crippen LogP contribution in [0.15, 0.2) is 18.2 Å². The molecule has 120 valence electrons. The summed E-state index contributed by atoms with van der Waals surface area (Å²) in [6, 6.07) is 6.05. The average Bonchev–Trinajstić information content (AvgIpc) is 2.90. The van der Waals surface area contributed by atoms with E-state index in [0.29, 0.717) is 13.2 Å². The number of aryl methyl sites for hydroxylation is 2. The van der Waals surface area contributed by atoms with Crippen molar-refractivity contribution in [3.05, 3.63) is 29.3 Å². The summed E-state index contributed by atoms with van der Waals surface area (Å²) in [6.45, 7) is 6.09. The fourth-order valence-corrected chi connectivity index (χ4v) is 3.23. The van der Waals surface area contributed by atoms with Gasteiger partial charge in [0.2, 0.25) is 0 Å². The number of hydrogen-bond acceptors (Lipinski definition) is 3.